The molecule has 1 unspecified atom stereocenters. The van der Waals surface area contributed by atoms with Crippen molar-refractivity contribution in [1.29, 1.82) is 0 Å². The summed E-state index contributed by atoms with van der Waals surface area (Å²) < 4.78 is 26.9. The Kier molecular flexibility index (Phi) is 6.14. The Morgan fingerprint density at radius 2 is 1.80 bits per heavy atom. The molecular weight excluding hydrogens is 306 g/mol. The highest BCUT2D eigenvalue weighted by Crippen LogP contribution is 2.30. The van der Waals surface area contributed by atoms with Gasteiger partial charge in [0, 0.05) is 12.0 Å². The van der Waals surface area contributed by atoms with Crippen LogP contribution in [0.2, 0.25) is 0 Å². The lowest BCUT2D eigenvalue weighted by Gasteiger charge is -2.12. The SMILES string of the molecule is CC(C)CC(C)C(=O)Sc1cc(C(=O)Cl)c(F)cc1F. The van der Waals surface area contributed by atoms with Crippen molar-refractivity contribution < 1.29 is 18.4 Å². The van der Waals surface area contributed by atoms with Crippen LogP contribution in [-0.2, 0) is 4.79 Å². The molecule has 1 rings (SSSR count). The van der Waals surface area contributed by atoms with E-state index in [0.29, 0.717) is 30.2 Å². The van der Waals surface area contributed by atoms with E-state index < -0.39 is 22.4 Å². The molecule has 0 radical (unpaired) electrons. The molecule has 0 N–H and O–H groups in total. The van der Waals surface area contributed by atoms with Crippen LogP contribution in [0.15, 0.2) is 17.0 Å². The molecule has 0 amide bonds. The molecule has 0 spiro atoms. The van der Waals surface area contributed by atoms with Gasteiger partial charge in [-0.2, -0.15) is 0 Å². The molecule has 20 heavy (non-hydrogen) atoms. The van der Waals surface area contributed by atoms with Crippen LogP contribution in [0.25, 0.3) is 0 Å². The Labute approximate surface area is 125 Å². The number of benzene rings is 1. The fourth-order valence-electron chi connectivity index (χ4n) is 1.77. The first-order chi connectivity index (χ1) is 9.22. The van der Waals surface area contributed by atoms with Gasteiger partial charge in [0.15, 0.2) is 5.12 Å². The molecule has 0 aliphatic rings. The molecule has 0 saturated heterocycles. The summed E-state index contributed by atoms with van der Waals surface area (Å²) in [5, 5.41) is -1.25. The number of hydrogen-bond donors (Lipinski definition) is 0. The van der Waals surface area contributed by atoms with Gasteiger partial charge in [-0.1, -0.05) is 20.8 Å². The highest BCUT2D eigenvalue weighted by atomic mass is 35.5. The average Bonchev–Trinajstić information content (AvgIpc) is 2.30. The first kappa shape index (κ1) is 17.1. The van der Waals surface area contributed by atoms with E-state index in [2.05, 4.69) is 0 Å². The molecule has 1 atom stereocenters. The van der Waals surface area contributed by atoms with Gasteiger partial charge in [-0.3, -0.25) is 9.59 Å². The second-order valence-electron chi connectivity index (χ2n) is 4.99. The Morgan fingerprint density at radius 1 is 1.20 bits per heavy atom. The van der Waals surface area contributed by atoms with Crippen LogP contribution in [0.5, 0.6) is 0 Å². The molecular formula is C14H15ClF2O2S. The molecule has 0 aliphatic carbocycles. The van der Waals surface area contributed by atoms with Crippen LogP contribution in [-0.4, -0.2) is 10.4 Å². The van der Waals surface area contributed by atoms with E-state index in [0.717, 1.165) is 6.07 Å². The number of carbonyl (C=O) groups is 2. The van der Waals surface area contributed by atoms with E-state index in [1.807, 2.05) is 13.8 Å². The van der Waals surface area contributed by atoms with Gasteiger partial charge >= 0.3 is 0 Å². The summed E-state index contributed by atoms with van der Waals surface area (Å²) in [4.78, 5) is 22.9. The van der Waals surface area contributed by atoms with E-state index in [1.165, 1.54) is 0 Å². The second-order valence-corrected chi connectivity index (χ2v) is 6.38. The topological polar surface area (TPSA) is 34.1 Å². The van der Waals surface area contributed by atoms with Gasteiger partial charge in [-0.25, -0.2) is 8.78 Å². The largest absolute Gasteiger partial charge is 0.287 e. The van der Waals surface area contributed by atoms with Crippen LogP contribution < -0.4 is 0 Å². The summed E-state index contributed by atoms with van der Waals surface area (Å²) in [5.41, 5.74) is -0.431. The summed E-state index contributed by atoms with van der Waals surface area (Å²) in [6.45, 7) is 5.72. The predicted octanol–water partition coefficient (Wildman–Crippen LogP) is 4.64. The molecule has 0 fully saturated rings. The fourth-order valence-corrected chi connectivity index (χ4v) is 2.76. The smallest absolute Gasteiger partial charge is 0.255 e. The van der Waals surface area contributed by atoms with Crippen molar-refractivity contribution in [3.8, 4) is 0 Å². The van der Waals surface area contributed by atoms with E-state index in [1.54, 1.807) is 6.92 Å². The summed E-state index contributed by atoms with van der Waals surface area (Å²) in [7, 11) is 0. The highest BCUT2D eigenvalue weighted by Gasteiger charge is 2.20. The van der Waals surface area contributed by atoms with Crippen LogP contribution in [0.4, 0.5) is 8.78 Å². The number of carbonyl (C=O) groups excluding carboxylic acids is 2. The van der Waals surface area contributed by atoms with E-state index >= 15 is 0 Å². The lowest BCUT2D eigenvalue weighted by atomic mass is 10.0. The quantitative estimate of drug-likeness (QED) is 0.585. The van der Waals surface area contributed by atoms with Gasteiger partial charge in [0.05, 0.1) is 10.5 Å². The third-order valence-corrected chi connectivity index (χ3v) is 4.01. The Morgan fingerprint density at radius 3 is 2.30 bits per heavy atom. The highest BCUT2D eigenvalue weighted by molar-refractivity contribution is 8.13. The molecule has 0 saturated carbocycles. The van der Waals surface area contributed by atoms with Gasteiger partial charge in [-0.05, 0) is 41.8 Å². The van der Waals surface area contributed by atoms with Crippen molar-refractivity contribution in [1.82, 2.24) is 0 Å². The molecule has 0 aromatic heterocycles. The van der Waals surface area contributed by atoms with Crippen LogP contribution in [0.1, 0.15) is 37.6 Å². The number of hydrogen-bond acceptors (Lipinski definition) is 3. The lowest BCUT2D eigenvalue weighted by molar-refractivity contribution is -0.114. The maximum absolute atomic E-state index is 13.6. The normalized spacial score (nSPS) is 12.6. The summed E-state index contributed by atoms with van der Waals surface area (Å²) in [6, 6.07) is 1.54. The molecule has 6 heteroatoms. The molecule has 2 nitrogen and oxygen atoms in total. The number of thioether (sulfide) groups is 1. The predicted molar refractivity (Wildman–Crippen MR) is 76.0 cm³/mol. The van der Waals surface area contributed by atoms with Crippen LogP contribution in [0.3, 0.4) is 0 Å². The average molecular weight is 321 g/mol. The van der Waals surface area contributed by atoms with Crippen molar-refractivity contribution in [2.24, 2.45) is 11.8 Å². The molecule has 0 aliphatic heterocycles. The van der Waals surface area contributed by atoms with Crippen molar-refractivity contribution in [2.45, 2.75) is 32.1 Å². The Bertz CT molecular complexity index is 532. The summed E-state index contributed by atoms with van der Waals surface area (Å²) in [6.07, 6.45) is 0.677. The van der Waals surface area contributed by atoms with Gasteiger partial charge in [-0.15, -0.1) is 0 Å². The van der Waals surface area contributed by atoms with Crippen molar-refractivity contribution in [3.63, 3.8) is 0 Å². The minimum Gasteiger partial charge on any atom is -0.287 e. The first-order valence-corrected chi connectivity index (χ1v) is 7.32. The van der Waals surface area contributed by atoms with Gasteiger partial charge in [0.2, 0.25) is 0 Å². The first-order valence-electron chi connectivity index (χ1n) is 6.13. The monoisotopic (exact) mass is 320 g/mol. The van der Waals surface area contributed by atoms with Gasteiger partial charge in [0.25, 0.3) is 5.24 Å². The molecule has 0 bridgehead atoms. The molecule has 0 heterocycles. The van der Waals surface area contributed by atoms with E-state index in [4.69, 9.17) is 11.6 Å². The van der Waals surface area contributed by atoms with Crippen LogP contribution >= 0.6 is 23.4 Å². The van der Waals surface area contributed by atoms with Gasteiger partial charge in [0.1, 0.15) is 11.6 Å². The standard InChI is InChI=1S/C14H15ClF2O2S/c1-7(2)4-8(3)14(19)20-12-5-9(13(15)18)10(16)6-11(12)17/h5-8H,4H2,1-3H3. The number of rotatable bonds is 5. The van der Waals surface area contributed by atoms with Gasteiger partial charge < -0.3 is 0 Å². The Hall–Kier alpha value is -0.940. The third-order valence-electron chi connectivity index (χ3n) is 2.67. The van der Waals surface area contributed by atoms with Crippen LogP contribution in [0, 0.1) is 23.5 Å². The van der Waals surface area contributed by atoms with E-state index in [9.17, 15) is 18.4 Å². The summed E-state index contributed by atoms with van der Waals surface area (Å²) in [5.74, 6) is -1.82. The van der Waals surface area contributed by atoms with E-state index in [-0.39, 0.29) is 15.9 Å². The van der Waals surface area contributed by atoms with Crippen molar-refractivity contribution >= 4 is 33.7 Å². The van der Waals surface area contributed by atoms with Crippen molar-refractivity contribution in [3.05, 3.63) is 29.3 Å². The zero-order valence-electron chi connectivity index (χ0n) is 11.4. The number of halogens is 3. The third kappa shape index (κ3) is 4.56. The maximum atomic E-state index is 13.6. The lowest BCUT2D eigenvalue weighted by Crippen LogP contribution is -2.10. The minimum absolute atomic E-state index is 0.0870. The Balaban J connectivity index is 2.95. The second kappa shape index (κ2) is 7.18. The maximum Gasteiger partial charge on any atom is 0.255 e. The molecule has 110 valence electrons. The van der Waals surface area contributed by atoms with Crippen molar-refractivity contribution in [2.75, 3.05) is 0 Å². The fraction of sp³-hybridized carbons (Fsp3) is 0.429. The minimum atomic E-state index is -1.03. The zero-order valence-corrected chi connectivity index (χ0v) is 12.9. The summed E-state index contributed by atoms with van der Waals surface area (Å²) >= 11 is 5.87. The molecule has 1 aromatic carbocycles. The molecule has 1 aromatic rings. The zero-order chi connectivity index (χ0) is 15.4.